The second-order valence-corrected chi connectivity index (χ2v) is 8.94. The van der Waals surface area contributed by atoms with E-state index < -0.39 is 0 Å². The summed E-state index contributed by atoms with van der Waals surface area (Å²) in [6.45, 7) is 12.4. The van der Waals surface area contributed by atoms with Crippen LogP contribution in [0.3, 0.4) is 0 Å². The van der Waals surface area contributed by atoms with Crippen LogP contribution in [-0.4, -0.2) is 35.3 Å². The van der Waals surface area contributed by atoms with E-state index in [4.69, 9.17) is 0 Å². The zero-order chi connectivity index (χ0) is 19.1. The maximum Gasteiger partial charge on any atom is 0.115 e. The number of aromatic hydroxyl groups is 1. The van der Waals surface area contributed by atoms with Crippen LogP contribution in [0.5, 0.6) is 5.75 Å². The number of phenolic OH excluding ortho intramolecular Hbond substituents is 1. The van der Waals surface area contributed by atoms with Gasteiger partial charge in [0.15, 0.2) is 0 Å². The quantitative estimate of drug-likeness (QED) is 0.595. The average Bonchev–Trinajstić information content (AvgIpc) is 2.67. The van der Waals surface area contributed by atoms with Crippen LogP contribution in [0.25, 0.3) is 0 Å². The van der Waals surface area contributed by atoms with Crippen molar-refractivity contribution in [3.8, 4) is 5.75 Å². The average molecular weight is 363 g/mol. The van der Waals surface area contributed by atoms with E-state index >= 15 is 0 Å². The molecule has 142 valence electrons. The number of nitrogens with zero attached hydrogens (tertiary/aromatic N) is 1. The van der Waals surface area contributed by atoms with Crippen molar-refractivity contribution >= 4 is 0 Å². The summed E-state index contributed by atoms with van der Waals surface area (Å²) in [5.41, 5.74) is 4.41. The summed E-state index contributed by atoms with van der Waals surface area (Å²) in [6.07, 6.45) is 5.53. The number of benzene rings is 2. The number of quaternary nitrogens is 1. The number of likely N-dealkylation sites (tertiary alicyclic amines) is 1. The Balaban J connectivity index is 1.69. The highest BCUT2D eigenvalue weighted by Gasteiger charge is 2.55. The lowest BCUT2D eigenvalue weighted by Crippen LogP contribution is -2.68. The van der Waals surface area contributed by atoms with Crippen molar-refractivity contribution in [1.29, 1.82) is 0 Å². The van der Waals surface area contributed by atoms with Crippen LogP contribution in [0.2, 0.25) is 0 Å². The van der Waals surface area contributed by atoms with E-state index in [1.807, 2.05) is 12.1 Å². The Labute approximate surface area is 163 Å². The largest absolute Gasteiger partial charge is 0.508 e. The minimum atomic E-state index is 0.159. The first-order chi connectivity index (χ1) is 13.0. The molecule has 2 nitrogen and oxygen atoms in total. The monoisotopic (exact) mass is 362 g/mol. The fourth-order valence-corrected chi connectivity index (χ4v) is 5.85. The minimum Gasteiger partial charge on any atom is -0.508 e. The molecule has 0 radical (unpaired) electrons. The lowest BCUT2D eigenvalue weighted by Gasteiger charge is -2.59. The van der Waals surface area contributed by atoms with Crippen LogP contribution in [0.4, 0.5) is 0 Å². The van der Waals surface area contributed by atoms with Gasteiger partial charge in [-0.15, -0.1) is 0 Å². The third kappa shape index (κ3) is 3.00. The van der Waals surface area contributed by atoms with Gasteiger partial charge in [0.05, 0.1) is 25.7 Å². The zero-order valence-corrected chi connectivity index (χ0v) is 16.7. The molecule has 4 atom stereocenters. The van der Waals surface area contributed by atoms with Crippen molar-refractivity contribution in [2.75, 3.05) is 19.6 Å². The molecule has 4 rings (SSSR count). The molecule has 1 fully saturated rings. The standard InChI is InChI=1S/C25H31NO/c1-4-14-26(15-12-20-8-6-5-7-9-20)16-13-25(3)19(2)24(26)17-21-10-11-22(27)18-23(21)25/h4-11,18-19,24H,1,12-17H2,2-3H3/p+1. The van der Waals surface area contributed by atoms with E-state index in [0.717, 1.165) is 23.9 Å². The van der Waals surface area contributed by atoms with E-state index in [1.165, 1.54) is 36.2 Å². The minimum absolute atomic E-state index is 0.159. The molecule has 4 unspecified atom stereocenters. The van der Waals surface area contributed by atoms with E-state index in [9.17, 15) is 5.11 Å². The topological polar surface area (TPSA) is 20.2 Å². The van der Waals surface area contributed by atoms with Gasteiger partial charge in [-0.25, -0.2) is 0 Å². The molecular formula is C25H32NO+. The first-order valence-electron chi connectivity index (χ1n) is 10.3. The molecule has 0 aromatic heterocycles. The summed E-state index contributed by atoms with van der Waals surface area (Å²) in [7, 11) is 0. The highest BCUT2D eigenvalue weighted by molar-refractivity contribution is 5.43. The number of piperidine rings is 1. The Kier molecular flexibility index (Phi) is 4.63. The second kappa shape index (κ2) is 6.83. The van der Waals surface area contributed by atoms with Gasteiger partial charge in [-0.3, -0.25) is 0 Å². The molecule has 2 heteroatoms. The number of hydrogen-bond donors (Lipinski definition) is 1. The zero-order valence-electron chi connectivity index (χ0n) is 16.7. The molecule has 2 aromatic rings. The summed E-state index contributed by atoms with van der Waals surface area (Å²) >= 11 is 0. The van der Waals surface area contributed by atoms with Gasteiger partial charge in [0.1, 0.15) is 5.75 Å². The van der Waals surface area contributed by atoms with Crippen LogP contribution in [-0.2, 0) is 18.3 Å². The third-order valence-corrected chi connectivity index (χ3v) is 7.68. The van der Waals surface area contributed by atoms with E-state index in [2.05, 4.69) is 62.9 Å². The van der Waals surface area contributed by atoms with Crippen molar-refractivity contribution in [3.63, 3.8) is 0 Å². The lowest BCUT2D eigenvalue weighted by atomic mass is 9.58. The molecule has 2 bridgehead atoms. The van der Waals surface area contributed by atoms with Crippen molar-refractivity contribution in [3.05, 3.63) is 77.9 Å². The molecule has 1 aliphatic carbocycles. The highest BCUT2D eigenvalue weighted by Crippen LogP contribution is 2.51. The van der Waals surface area contributed by atoms with Gasteiger partial charge in [0, 0.05) is 30.6 Å². The predicted octanol–water partition coefficient (Wildman–Crippen LogP) is 4.86. The Morgan fingerprint density at radius 3 is 2.74 bits per heavy atom. The SMILES string of the molecule is C=CC[N+]1(CCc2ccccc2)CCC2(C)c3cc(O)ccc3CC1C2C. The molecular weight excluding hydrogens is 330 g/mol. The maximum absolute atomic E-state index is 10.1. The predicted molar refractivity (Wildman–Crippen MR) is 112 cm³/mol. The van der Waals surface area contributed by atoms with Gasteiger partial charge in [0.25, 0.3) is 0 Å². The highest BCUT2D eigenvalue weighted by atomic mass is 16.3. The Bertz CT molecular complexity index is 829. The molecule has 2 aliphatic rings. The van der Waals surface area contributed by atoms with Crippen LogP contribution in [0.1, 0.15) is 37.0 Å². The summed E-state index contributed by atoms with van der Waals surface area (Å²) in [5, 5.41) is 10.1. The molecule has 1 N–H and O–H groups in total. The van der Waals surface area contributed by atoms with Crippen molar-refractivity contribution in [1.82, 2.24) is 0 Å². The fraction of sp³-hybridized carbons (Fsp3) is 0.440. The first kappa shape index (κ1) is 18.3. The number of phenols is 1. The van der Waals surface area contributed by atoms with Gasteiger partial charge in [-0.05, 0) is 34.9 Å². The van der Waals surface area contributed by atoms with Gasteiger partial charge >= 0.3 is 0 Å². The molecule has 1 heterocycles. The second-order valence-electron chi connectivity index (χ2n) is 8.94. The van der Waals surface area contributed by atoms with Crippen LogP contribution >= 0.6 is 0 Å². The van der Waals surface area contributed by atoms with Crippen LogP contribution < -0.4 is 0 Å². The Morgan fingerprint density at radius 1 is 1.22 bits per heavy atom. The Morgan fingerprint density at radius 2 is 2.00 bits per heavy atom. The van der Waals surface area contributed by atoms with Gasteiger partial charge in [-0.2, -0.15) is 0 Å². The van der Waals surface area contributed by atoms with Crippen molar-refractivity contribution in [2.24, 2.45) is 5.92 Å². The smallest absolute Gasteiger partial charge is 0.115 e. The molecule has 27 heavy (non-hydrogen) atoms. The lowest BCUT2D eigenvalue weighted by molar-refractivity contribution is -0.956. The summed E-state index contributed by atoms with van der Waals surface area (Å²) < 4.78 is 1.15. The third-order valence-electron chi connectivity index (χ3n) is 7.68. The van der Waals surface area contributed by atoms with Gasteiger partial charge in [0.2, 0.25) is 0 Å². The molecule has 0 amide bonds. The summed E-state index contributed by atoms with van der Waals surface area (Å²) in [4.78, 5) is 0. The molecule has 2 aromatic carbocycles. The molecule has 0 spiro atoms. The Hall–Kier alpha value is -2.06. The number of hydrogen-bond acceptors (Lipinski definition) is 1. The van der Waals surface area contributed by atoms with E-state index in [1.54, 1.807) is 0 Å². The van der Waals surface area contributed by atoms with Crippen LogP contribution in [0, 0.1) is 5.92 Å². The number of fused-ring (bicyclic) bond motifs is 4. The molecule has 0 saturated carbocycles. The maximum atomic E-state index is 10.1. The van der Waals surface area contributed by atoms with Gasteiger partial charge < -0.3 is 9.59 Å². The normalized spacial score (nSPS) is 31.9. The molecule has 1 aliphatic heterocycles. The van der Waals surface area contributed by atoms with E-state index in [0.29, 0.717) is 17.7 Å². The summed E-state index contributed by atoms with van der Waals surface area (Å²) in [6, 6.07) is 17.6. The molecule has 1 saturated heterocycles. The van der Waals surface area contributed by atoms with Gasteiger partial charge in [-0.1, -0.05) is 56.8 Å². The van der Waals surface area contributed by atoms with Crippen molar-refractivity contribution in [2.45, 2.75) is 44.6 Å². The first-order valence-corrected chi connectivity index (χ1v) is 10.3. The fourth-order valence-electron chi connectivity index (χ4n) is 5.85. The summed E-state index contributed by atoms with van der Waals surface area (Å²) in [5.74, 6) is 0.999. The van der Waals surface area contributed by atoms with Crippen LogP contribution in [0.15, 0.2) is 61.2 Å². The van der Waals surface area contributed by atoms with E-state index in [-0.39, 0.29) is 5.41 Å². The van der Waals surface area contributed by atoms with Crippen molar-refractivity contribution < 1.29 is 9.59 Å². The number of rotatable bonds is 5.